The summed E-state index contributed by atoms with van der Waals surface area (Å²) >= 11 is 1.63. The number of hydrogen-bond donors (Lipinski definition) is 1. The van der Waals surface area contributed by atoms with E-state index in [-0.39, 0.29) is 11.7 Å². The molecule has 0 aliphatic carbocycles. The van der Waals surface area contributed by atoms with Crippen LogP contribution in [0.5, 0.6) is 5.75 Å². The highest BCUT2D eigenvalue weighted by molar-refractivity contribution is 7.18. The molecule has 2 aromatic carbocycles. The molecular weight excluding hydrogens is 559 g/mol. The standard InChI is InChI=1S/C35H31FN4O2S/c1-3-31(41)40-14-10-29-25(20-40)17-24(19-38-29)34-32(27-7-6-26(36)18-30(27)42-2)35-28(11-15-43-35)33(39-34)23-5-4-21-8-12-37-13-9-22(21)16-23/h3-7,11,15-19,37H,1,8-10,12-14,20H2,2H3. The van der Waals surface area contributed by atoms with Crippen LogP contribution < -0.4 is 10.1 Å². The van der Waals surface area contributed by atoms with Crippen molar-refractivity contribution in [2.24, 2.45) is 0 Å². The van der Waals surface area contributed by atoms with Crippen LogP contribution >= 0.6 is 11.3 Å². The Labute approximate surface area is 253 Å². The molecule has 1 amide bonds. The van der Waals surface area contributed by atoms with Gasteiger partial charge in [-0.2, -0.15) is 0 Å². The van der Waals surface area contributed by atoms with Crippen molar-refractivity contribution in [3.63, 3.8) is 0 Å². The van der Waals surface area contributed by atoms with Gasteiger partial charge in [-0.05, 0) is 84.4 Å². The summed E-state index contributed by atoms with van der Waals surface area (Å²) in [6.07, 6.45) is 5.90. The Bertz CT molecular complexity index is 1900. The Kier molecular flexibility index (Phi) is 7.24. The Morgan fingerprint density at radius 1 is 1.02 bits per heavy atom. The molecule has 0 spiro atoms. The van der Waals surface area contributed by atoms with E-state index in [1.165, 1.54) is 29.3 Å². The summed E-state index contributed by atoms with van der Waals surface area (Å²) in [7, 11) is 1.56. The van der Waals surface area contributed by atoms with E-state index in [0.29, 0.717) is 25.3 Å². The Morgan fingerprint density at radius 3 is 2.70 bits per heavy atom. The number of hydrogen-bond acceptors (Lipinski definition) is 6. The summed E-state index contributed by atoms with van der Waals surface area (Å²) < 4.78 is 21.1. The molecule has 2 aliphatic rings. The molecule has 0 saturated heterocycles. The maximum Gasteiger partial charge on any atom is 0.246 e. The number of fused-ring (bicyclic) bond motifs is 3. The molecule has 216 valence electrons. The van der Waals surface area contributed by atoms with E-state index < -0.39 is 0 Å². The van der Waals surface area contributed by atoms with Gasteiger partial charge in [0, 0.05) is 69.8 Å². The molecule has 2 aliphatic heterocycles. The Hall–Kier alpha value is -4.40. The molecule has 5 aromatic rings. The lowest BCUT2D eigenvalue weighted by Gasteiger charge is -2.27. The molecule has 0 fully saturated rings. The maximum atomic E-state index is 14.4. The van der Waals surface area contributed by atoms with Gasteiger partial charge in [0.25, 0.3) is 0 Å². The lowest BCUT2D eigenvalue weighted by molar-refractivity contribution is -0.126. The quantitative estimate of drug-likeness (QED) is 0.234. The van der Waals surface area contributed by atoms with E-state index >= 15 is 0 Å². The number of benzene rings is 2. The van der Waals surface area contributed by atoms with Crippen molar-refractivity contribution in [3.05, 3.63) is 101 Å². The van der Waals surface area contributed by atoms with Gasteiger partial charge in [0.2, 0.25) is 5.91 Å². The predicted molar refractivity (Wildman–Crippen MR) is 170 cm³/mol. The first-order chi connectivity index (χ1) is 21.0. The van der Waals surface area contributed by atoms with Crippen molar-refractivity contribution in [2.75, 3.05) is 26.7 Å². The third-order valence-corrected chi connectivity index (χ3v) is 9.39. The highest BCUT2D eigenvalue weighted by atomic mass is 32.1. The molecule has 8 heteroatoms. The molecular formula is C35H31FN4O2S. The molecule has 43 heavy (non-hydrogen) atoms. The smallest absolute Gasteiger partial charge is 0.246 e. The van der Waals surface area contributed by atoms with Crippen molar-refractivity contribution in [1.29, 1.82) is 0 Å². The average molecular weight is 591 g/mol. The van der Waals surface area contributed by atoms with Crippen molar-refractivity contribution < 1.29 is 13.9 Å². The van der Waals surface area contributed by atoms with Crippen LogP contribution in [0.15, 0.2) is 72.8 Å². The second-order valence-corrected chi connectivity index (χ2v) is 11.9. The first-order valence-corrected chi connectivity index (χ1v) is 15.4. The lowest BCUT2D eigenvalue weighted by Crippen LogP contribution is -2.35. The fourth-order valence-electron chi connectivity index (χ4n) is 6.27. The van der Waals surface area contributed by atoms with E-state index in [4.69, 9.17) is 14.7 Å². The summed E-state index contributed by atoms with van der Waals surface area (Å²) in [6.45, 7) is 6.68. The molecule has 1 N–H and O–H groups in total. The van der Waals surface area contributed by atoms with Gasteiger partial charge in [-0.3, -0.25) is 9.78 Å². The Morgan fingerprint density at radius 2 is 1.86 bits per heavy atom. The number of amides is 1. The van der Waals surface area contributed by atoms with E-state index in [9.17, 15) is 9.18 Å². The van der Waals surface area contributed by atoms with Crippen molar-refractivity contribution in [2.45, 2.75) is 25.8 Å². The summed E-state index contributed by atoms with van der Waals surface area (Å²) in [4.78, 5) is 24.5. The predicted octanol–water partition coefficient (Wildman–Crippen LogP) is 6.60. The molecule has 0 bridgehead atoms. The van der Waals surface area contributed by atoms with Crippen molar-refractivity contribution in [3.8, 4) is 39.4 Å². The second-order valence-electron chi connectivity index (χ2n) is 11.0. The zero-order valence-electron chi connectivity index (χ0n) is 24.0. The lowest BCUT2D eigenvalue weighted by atomic mass is 9.93. The van der Waals surface area contributed by atoms with Crippen LogP contribution in [0.2, 0.25) is 0 Å². The fourth-order valence-corrected chi connectivity index (χ4v) is 7.23. The third kappa shape index (κ3) is 5.00. The minimum absolute atomic E-state index is 0.0911. The molecule has 0 atom stereocenters. The summed E-state index contributed by atoms with van der Waals surface area (Å²) in [5.41, 5.74) is 9.88. The van der Waals surface area contributed by atoms with E-state index in [1.54, 1.807) is 29.4 Å². The number of thiophene rings is 1. The number of aromatic nitrogens is 2. The first-order valence-electron chi connectivity index (χ1n) is 14.5. The first kappa shape index (κ1) is 27.4. The number of halogens is 1. The van der Waals surface area contributed by atoms with Crippen LogP contribution in [0.1, 0.15) is 22.4 Å². The molecule has 0 saturated carbocycles. The van der Waals surface area contributed by atoms with Crippen LogP contribution in [-0.4, -0.2) is 47.5 Å². The van der Waals surface area contributed by atoms with Crippen LogP contribution in [0.25, 0.3) is 43.7 Å². The second kappa shape index (κ2) is 11.4. The van der Waals surface area contributed by atoms with Gasteiger partial charge in [0.15, 0.2) is 0 Å². The van der Waals surface area contributed by atoms with Crippen molar-refractivity contribution >= 4 is 27.3 Å². The number of carbonyl (C=O) groups is 1. The minimum atomic E-state index is -0.365. The van der Waals surface area contributed by atoms with Gasteiger partial charge in [0.1, 0.15) is 11.6 Å². The normalized spacial score (nSPS) is 14.6. The van der Waals surface area contributed by atoms with Crippen LogP contribution in [0, 0.1) is 5.82 Å². The van der Waals surface area contributed by atoms with E-state index in [1.807, 2.05) is 6.20 Å². The summed E-state index contributed by atoms with van der Waals surface area (Å²) in [5.74, 6) is -0.0145. The van der Waals surface area contributed by atoms with Crippen molar-refractivity contribution in [1.82, 2.24) is 20.2 Å². The SMILES string of the molecule is C=CC(=O)N1CCc2ncc(-c3nc(-c4ccc5c(c4)CCNCC5)c4ccsc4c3-c3ccc(F)cc3OC)cc2C1. The molecule has 5 heterocycles. The number of pyridine rings is 2. The summed E-state index contributed by atoms with van der Waals surface area (Å²) in [6, 6.07) is 15.5. The van der Waals surface area contributed by atoms with Crippen LogP contribution in [-0.2, 0) is 30.6 Å². The number of ether oxygens (including phenoxy) is 1. The fraction of sp³-hybridized carbons (Fsp3) is 0.229. The molecule has 7 rings (SSSR count). The number of carbonyl (C=O) groups excluding carboxylic acids is 1. The average Bonchev–Trinajstić information content (AvgIpc) is 3.41. The monoisotopic (exact) mass is 590 g/mol. The van der Waals surface area contributed by atoms with Gasteiger partial charge in [-0.15, -0.1) is 11.3 Å². The van der Waals surface area contributed by atoms with Gasteiger partial charge in [-0.1, -0.05) is 18.7 Å². The zero-order valence-corrected chi connectivity index (χ0v) is 24.8. The Balaban J connectivity index is 1.47. The molecule has 3 aromatic heterocycles. The van der Waals surface area contributed by atoms with Gasteiger partial charge in [0.05, 0.1) is 18.5 Å². The highest BCUT2D eigenvalue weighted by Crippen LogP contribution is 2.46. The molecule has 6 nitrogen and oxygen atoms in total. The van der Waals surface area contributed by atoms with Gasteiger partial charge in [-0.25, -0.2) is 9.37 Å². The van der Waals surface area contributed by atoms with Gasteiger partial charge >= 0.3 is 0 Å². The van der Waals surface area contributed by atoms with Crippen LogP contribution in [0.4, 0.5) is 4.39 Å². The summed E-state index contributed by atoms with van der Waals surface area (Å²) in [5, 5.41) is 6.62. The highest BCUT2D eigenvalue weighted by Gasteiger charge is 2.25. The van der Waals surface area contributed by atoms with Crippen LogP contribution in [0.3, 0.4) is 0 Å². The largest absolute Gasteiger partial charge is 0.496 e. The zero-order chi connectivity index (χ0) is 29.5. The number of rotatable bonds is 5. The van der Waals surface area contributed by atoms with E-state index in [0.717, 1.165) is 80.9 Å². The molecule has 0 radical (unpaired) electrons. The number of nitrogens with one attached hydrogen (secondary N) is 1. The number of methoxy groups -OCH3 is 1. The third-order valence-electron chi connectivity index (χ3n) is 8.46. The number of nitrogens with zero attached hydrogens (tertiary/aromatic N) is 3. The maximum absolute atomic E-state index is 14.4. The minimum Gasteiger partial charge on any atom is -0.496 e. The molecule has 0 unspecified atom stereocenters. The topological polar surface area (TPSA) is 67.4 Å². The van der Waals surface area contributed by atoms with Gasteiger partial charge < -0.3 is 15.0 Å². The van der Waals surface area contributed by atoms with E-state index in [2.05, 4.69) is 47.6 Å².